The van der Waals surface area contributed by atoms with Gasteiger partial charge in [0.05, 0.1) is 11.5 Å². The van der Waals surface area contributed by atoms with Gasteiger partial charge in [-0.25, -0.2) is 4.79 Å². The number of carbonyl (C=O) groups is 2. The zero-order valence-electron chi connectivity index (χ0n) is 13.6. The Balaban J connectivity index is 3.08. The molecular formula is C17H20BrNO3S. The summed E-state index contributed by atoms with van der Waals surface area (Å²) in [7, 11) is 3.51. The summed E-state index contributed by atoms with van der Waals surface area (Å²) in [6, 6.07) is 7.17. The monoisotopic (exact) mass is 397 g/mol. The number of nitrogens with zero attached hydrogens (tertiary/aromatic N) is 1. The Morgan fingerprint density at radius 3 is 2.30 bits per heavy atom. The third kappa shape index (κ3) is 5.88. The van der Waals surface area contributed by atoms with Gasteiger partial charge >= 0.3 is 5.97 Å². The van der Waals surface area contributed by atoms with E-state index in [9.17, 15) is 9.59 Å². The van der Waals surface area contributed by atoms with Gasteiger partial charge in [-0.05, 0) is 49.6 Å². The molecule has 0 unspecified atom stereocenters. The molecule has 0 bridgehead atoms. The summed E-state index contributed by atoms with van der Waals surface area (Å²) < 4.78 is 5.93. The molecule has 1 rings (SSSR count). The topological polar surface area (TPSA) is 46.6 Å². The molecule has 0 N–H and O–H groups in total. The van der Waals surface area contributed by atoms with Crippen LogP contribution in [0.2, 0.25) is 0 Å². The van der Waals surface area contributed by atoms with E-state index in [2.05, 4.69) is 15.9 Å². The number of ketones is 1. The molecule has 0 aromatic heterocycles. The third-order valence-corrected chi connectivity index (χ3v) is 4.20. The summed E-state index contributed by atoms with van der Waals surface area (Å²) in [6.45, 7) is 2.06. The van der Waals surface area contributed by atoms with Gasteiger partial charge in [0, 0.05) is 24.1 Å². The van der Waals surface area contributed by atoms with Gasteiger partial charge in [0.1, 0.15) is 5.70 Å². The van der Waals surface area contributed by atoms with Gasteiger partial charge < -0.3 is 9.64 Å². The molecule has 0 heterocycles. The van der Waals surface area contributed by atoms with E-state index in [-0.39, 0.29) is 5.78 Å². The summed E-state index contributed by atoms with van der Waals surface area (Å²) in [6.07, 6.45) is 5.10. The lowest BCUT2D eigenvalue weighted by molar-refractivity contribution is -0.140. The Morgan fingerprint density at radius 2 is 1.83 bits per heavy atom. The fraction of sp³-hybridized carbons (Fsp3) is 0.294. The van der Waals surface area contributed by atoms with E-state index in [0.29, 0.717) is 22.8 Å². The molecule has 0 aliphatic rings. The number of hydrogen-bond donors (Lipinski definition) is 0. The number of hydrogen-bond acceptors (Lipinski definition) is 5. The Kier molecular flexibility index (Phi) is 8.12. The second-order valence-corrected chi connectivity index (χ2v) is 6.50. The summed E-state index contributed by atoms with van der Waals surface area (Å²) >= 11 is 4.69. The first-order valence-electron chi connectivity index (χ1n) is 7.01. The fourth-order valence-corrected chi connectivity index (χ4v) is 2.51. The fourth-order valence-electron chi connectivity index (χ4n) is 1.74. The molecule has 4 nitrogen and oxygen atoms in total. The summed E-state index contributed by atoms with van der Waals surface area (Å²) in [4.78, 5) is 26.6. The first-order chi connectivity index (χ1) is 10.9. The zero-order chi connectivity index (χ0) is 17.4. The number of likely N-dealkylation sites (N-methyl/N-ethyl adjacent to an activating group) is 1. The van der Waals surface area contributed by atoms with Crippen LogP contribution in [0.4, 0.5) is 0 Å². The number of ether oxygens (including phenoxy) is 1. The number of allylic oxidation sites excluding steroid dienone is 3. The minimum atomic E-state index is -0.412. The van der Waals surface area contributed by atoms with Gasteiger partial charge in [-0.15, -0.1) is 11.8 Å². The van der Waals surface area contributed by atoms with Crippen LogP contribution in [-0.4, -0.2) is 43.6 Å². The normalized spacial score (nSPS) is 12.0. The highest BCUT2D eigenvalue weighted by atomic mass is 79.9. The minimum absolute atomic E-state index is 0.0804. The van der Waals surface area contributed by atoms with Crippen LogP contribution in [-0.2, 0) is 9.53 Å². The van der Waals surface area contributed by atoms with Crippen molar-refractivity contribution >= 4 is 39.4 Å². The van der Waals surface area contributed by atoms with Gasteiger partial charge in [0.2, 0.25) is 0 Å². The van der Waals surface area contributed by atoms with Crippen molar-refractivity contribution in [3.8, 4) is 0 Å². The van der Waals surface area contributed by atoms with Crippen molar-refractivity contribution in [2.75, 3.05) is 27.0 Å². The largest absolute Gasteiger partial charge is 0.461 e. The van der Waals surface area contributed by atoms with Crippen molar-refractivity contribution < 1.29 is 14.3 Å². The molecule has 6 heteroatoms. The van der Waals surface area contributed by atoms with Crippen LogP contribution in [0.5, 0.6) is 0 Å². The van der Waals surface area contributed by atoms with E-state index in [1.165, 1.54) is 11.8 Å². The second-order valence-electron chi connectivity index (χ2n) is 4.74. The first-order valence-corrected chi connectivity index (χ1v) is 9.03. The lowest BCUT2D eigenvalue weighted by Gasteiger charge is -2.15. The average molecular weight is 398 g/mol. The molecule has 124 valence electrons. The van der Waals surface area contributed by atoms with Crippen LogP contribution in [0.1, 0.15) is 17.3 Å². The molecule has 1 aromatic carbocycles. The maximum absolute atomic E-state index is 12.5. The van der Waals surface area contributed by atoms with Crippen LogP contribution in [0.25, 0.3) is 0 Å². The van der Waals surface area contributed by atoms with Crippen molar-refractivity contribution in [2.24, 2.45) is 0 Å². The number of Topliss-reactive ketones (excluding diaryl/α,β-unsaturated/α-hetero) is 1. The Bertz CT molecular complexity index is 621. The maximum Gasteiger partial charge on any atom is 0.354 e. The Morgan fingerprint density at radius 1 is 1.22 bits per heavy atom. The van der Waals surface area contributed by atoms with E-state index in [1.54, 1.807) is 50.2 Å². The molecule has 0 radical (unpaired) electrons. The molecule has 0 amide bonds. The van der Waals surface area contributed by atoms with Crippen LogP contribution in [0, 0.1) is 0 Å². The zero-order valence-corrected chi connectivity index (χ0v) is 16.0. The van der Waals surface area contributed by atoms with Gasteiger partial charge in [-0.1, -0.05) is 15.9 Å². The predicted octanol–water partition coefficient (Wildman–Crippen LogP) is 3.89. The van der Waals surface area contributed by atoms with E-state index in [4.69, 9.17) is 4.74 Å². The molecule has 0 fully saturated rings. The van der Waals surface area contributed by atoms with Gasteiger partial charge in [-0.2, -0.15) is 0 Å². The Hall–Kier alpha value is -1.53. The number of benzene rings is 1. The summed E-state index contributed by atoms with van der Waals surface area (Å²) in [5.74, 6) is -0.492. The average Bonchev–Trinajstić information content (AvgIpc) is 2.51. The van der Waals surface area contributed by atoms with Crippen LogP contribution in [0.3, 0.4) is 0 Å². The standard InChI is InChI=1S/C17H20BrNO3S/c1-5-22-17(21)14(19(2)3)10-11-15(23-4)16(20)12-6-8-13(18)9-7-12/h6-11H,5H2,1-4H3/b14-10-,15-11-. The summed E-state index contributed by atoms with van der Waals surface area (Å²) in [5.41, 5.74) is 0.992. The lowest BCUT2D eigenvalue weighted by Crippen LogP contribution is -2.21. The first kappa shape index (κ1) is 19.5. The number of halogens is 1. The molecule has 0 aliphatic heterocycles. The molecule has 0 atom stereocenters. The lowest BCUT2D eigenvalue weighted by atomic mass is 10.1. The van der Waals surface area contributed by atoms with E-state index in [1.807, 2.05) is 18.4 Å². The molecule has 0 saturated heterocycles. The predicted molar refractivity (Wildman–Crippen MR) is 98.5 cm³/mol. The quantitative estimate of drug-likeness (QED) is 0.302. The van der Waals surface area contributed by atoms with E-state index >= 15 is 0 Å². The minimum Gasteiger partial charge on any atom is -0.461 e. The molecule has 0 saturated carbocycles. The van der Waals surface area contributed by atoms with E-state index in [0.717, 1.165) is 4.47 Å². The number of thioether (sulfide) groups is 1. The van der Waals surface area contributed by atoms with Crippen molar-refractivity contribution in [1.82, 2.24) is 4.90 Å². The molecular weight excluding hydrogens is 378 g/mol. The van der Waals surface area contributed by atoms with Crippen molar-refractivity contribution in [2.45, 2.75) is 6.92 Å². The maximum atomic E-state index is 12.5. The Labute approximate surface area is 149 Å². The summed E-state index contributed by atoms with van der Waals surface area (Å²) in [5, 5.41) is 0. The number of rotatable bonds is 7. The van der Waals surface area contributed by atoms with Crippen LogP contribution in [0.15, 0.2) is 51.5 Å². The highest BCUT2D eigenvalue weighted by Gasteiger charge is 2.14. The number of esters is 1. The smallest absolute Gasteiger partial charge is 0.354 e. The van der Waals surface area contributed by atoms with Crippen LogP contribution < -0.4 is 0 Å². The van der Waals surface area contributed by atoms with Gasteiger partial charge in [-0.3, -0.25) is 4.79 Å². The SMILES string of the molecule is CCOC(=O)/C(=C/C=C(\SC)C(=O)c1ccc(Br)cc1)N(C)C. The van der Waals surface area contributed by atoms with Crippen LogP contribution >= 0.6 is 27.7 Å². The highest BCUT2D eigenvalue weighted by Crippen LogP contribution is 2.20. The van der Waals surface area contributed by atoms with Gasteiger partial charge in [0.25, 0.3) is 0 Å². The molecule has 23 heavy (non-hydrogen) atoms. The third-order valence-electron chi connectivity index (χ3n) is 2.91. The van der Waals surface area contributed by atoms with Crippen molar-refractivity contribution in [3.05, 3.63) is 57.1 Å². The van der Waals surface area contributed by atoms with Crippen molar-refractivity contribution in [3.63, 3.8) is 0 Å². The number of carbonyl (C=O) groups excluding carboxylic acids is 2. The molecule has 0 spiro atoms. The van der Waals surface area contributed by atoms with E-state index < -0.39 is 5.97 Å². The van der Waals surface area contributed by atoms with Gasteiger partial charge in [0.15, 0.2) is 5.78 Å². The highest BCUT2D eigenvalue weighted by molar-refractivity contribution is 9.10. The second kappa shape index (κ2) is 9.57. The molecule has 0 aliphatic carbocycles. The molecule has 1 aromatic rings. The van der Waals surface area contributed by atoms with Crippen molar-refractivity contribution in [1.29, 1.82) is 0 Å².